The van der Waals surface area contributed by atoms with Gasteiger partial charge in [-0.1, -0.05) is 18.2 Å². The van der Waals surface area contributed by atoms with Gasteiger partial charge in [0.15, 0.2) is 17.3 Å². The van der Waals surface area contributed by atoms with Gasteiger partial charge in [0.2, 0.25) is 0 Å². The predicted octanol–water partition coefficient (Wildman–Crippen LogP) is 5.79. The molecule has 4 rings (SSSR count). The summed E-state index contributed by atoms with van der Waals surface area (Å²) in [4.78, 5) is 20.0. The number of ether oxygens (including phenoxy) is 3. The topological polar surface area (TPSA) is 82.6 Å². The fourth-order valence-corrected chi connectivity index (χ4v) is 4.27. The van der Waals surface area contributed by atoms with Crippen LogP contribution >= 0.6 is 11.3 Å². The Morgan fingerprint density at radius 2 is 1.69 bits per heavy atom. The lowest BCUT2D eigenvalue weighted by atomic mass is 10.1. The normalized spacial score (nSPS) is 11.4. The van der Waals surface area contributed by atoms with Gasteiger partial charge in [-0.15, -0.1) is 11.3 Å². The van der Waals surface area contributed by atoms with Crippen LogP contribution in [0.4, 0.5) is 19.0 Å². The van der Waals surface area contributed by atoms with Gasteiger partial charge in [-0.05, 0) is 35.9 Å². The molecule has 0 amide bonds. The average Bonchev–Trinajstić information content (AvgIpc) is 3.32. The smallest absolute Gasteiger partial charge is 0.425 e. The molecule has 0 saturated carbocycles. The summed E-state index contributed by atoms with van der Waals surface area (Å²) in [5, 5.41) is 3.39. The molecular weight excluding hydrogens is 483 g/mol. The number of carbonyl (C=O) groups excluding carboxylic acids is 1. The molecule has 0 spiro atoms. The lowest BCUT2D eigenvalue weighted by Gasteiger charge is -2.12. The summed E-state index contributed by atoms with van der Waals surface area (Å²) in [6.07, 6.45) is -4.51. The number of hydrogen-bond acceptors (Lipinski definition) is 8. The van der Waals surface area contributed by atoms with Gasteiger partial charge in [-0.25, -0.2) is 14.8 Å². The van der Waals surface area contributed by atoms with Crippen LogP contribution in [0.2, 0.25) is 0 Å². The van der Waals surface area contributed by atoms with Crippen molar-refractivity contribution in [2.24, 2.45) is 0 Å². The third-order valence-corrected chi connectivity index (χ3v) is 6.22. The number of methoxy groups -OCH3 is 3. The molecule has 0 aliphatic carbocycles. The molecule has 2 aromatic heterocycles. The van der Waals surface area contributed by atoms with E-state index in [-0.39, 0.29) is 28.4 Å². The summed E-state index contributed by atoms with van der Waals surface area (Å²) in [7, 11) is 4.32. The Hall–Kier alpha value is -3.86. The third-order valence-electron chi connectivity index (χ3n) is 5.14. The summed E-state index contributed by atoms with van der Waals surface area (Å²) in [6.45, 7) is 0.268. The molecule has 0 aliphatic heterocycles. The number of alkyl halides is 3. The zero-order chi connectivity index (χ0) is 25.2. The van der Waals surface area contributed by atoms with E-state index < -0.39 is 17.0 Å². The number of halogens is 3. The molecular formula is C24H20F3N3O4S. The number of anilines is 1. The molecule has 11 heteroatoms. The second-order valence-corrected chi connectivity index (χ2v) is 8.37. The van der Waals surface area contributed by atoms with Crippen LogP contribution in [0.25, 0.3) is 21.6 Å². The summed E-state index contributed by atoms with van der Waals surface area (Å²) >= 11 is 0.545. The van der Waals surface area contributed by atoms with Gasteiger partial charge in [0.25, 0.3) is 0 Å². The molecule has 0 unspecified atom stereocenters. The number of fused-ring (bicyclic) bond motifs is 1. The molecule has 0 fully saturated rings. The lowest BCUT2D eigenvalue weighted by Crippen LogP contribution is -2.04. The number of aromatic nitrogens is 2. The standard InChI is InChI=1S/C24H20F3N3O4S/c1-32-17-9-4-13(10-18(17)33-2)12-28-21-16-11-19(24(25,26)27)35-22(16)30-20(29-21)14-5-7-15(8-6-14)23(31)34-3/h4-11H,12H2,1-3H3,(H,28,29,30). The van der Waals surface area contributed by atoms with Crippen molar-refractivity contribution >= 4 is 33.3 Å². The number of benzene rings is 2. The maximum Gasteiger partial charge on any atom is 0.425 e. The molecule has 0 aliphatic rings. The van der Waals surface area contributed by atoms with E-state index in [4.69, 9.17) is 14.2 Å². The maximum absolute atomic E-state index is 13.4. The zero-order valence-corrected chi connectivity index (χ0v) is 19.7. The fourth-order valence-electron chi connectivity index (χ4n) is 3.37. The van der Waals surface area contributed by atoms with Gasteiger partial charge in [0.1, 0.15) is 15.5 Å². The highest BCUT2D eigenvalue weighted by molar-refractivity contribution is 7.18. The minimum absolute atomic E-state index is 0.189. The number of carbonyl (C=O) groups is 1. The van der Waals surface area contributed by atoms with E-state index in [2.05, 4.69) is 15.3 Å². The quantitative estimate of drug-likeness (QED) is 0.320. The Kier molecular flexibility index (Phi) is 6.79. The number of thiophene rings is 1. The average molecular weight is 504 g/mol. The van der Waals surface area contributed by atoms with Gasteiger partial charge < -0.3 is 19.5 Å². The number of rotatable bonds is 7. The first-order chi connectivity index (χ1) is 16.7. The minimum Gasteiger partial charge on any atom is -0.493 e. The second-order valence-electron chi connectivity index (χ2n) is 7.33. The molecule has 182 valence electrons. The van der Waals surface area contributed by atoms with Crippen molar-refractivity contribution in [3.8, 4) is 22.9 Å². The van der Waals surface area contributed by atoms with Crippen LogP contribution in [0.5, 0.6) is 11.5 Å². The van der Waals surface area contributed by atoms with Crippen molar-refractivity contribution in [1.82, 2.24) is 9.97 Å². The maximum atomic E-state index is 13.4. The van der Waals surface area contributed by atoms with Crippen LogP contribution in [0.1, 0.15) is 20.8 Å². The van der Waals surface area contributed by atoms with Gasteiger partial charge >= 0.3 is 12.1 Å². The van der Waals surface area contributed by atoms with E-state index in [0.29, 0.717) is 34.0 Å². The first-order valence-corrected chi connectivity index (χ1v) is 11.1. The Morgan fingerprint density at radius 1 is 0.971 bits per heavy atom. The van der Waals surface area contributed by atoms with Crippen LogP contribution in [0.15, 0.2) is 48.5 Å². The highest BCUT2D eigenvalue weighted by Crippen LogP contribution is 2.40. The SMILES string of the molecule is COC(=O)c1ccc(-c2nc(NCc3ccc(OC)c(OC)c3)c3cc(C(F)(F)F)sc3n2)cc1. The minimum atomic E-state index is -4.51. The van der Waals surface area contributed by atoms with E-state index in [1.54, 1.807) is 36.4 Å². The van der Waals surface area contributed by atoms with Crippen molar-refractivity contribution in [2.75, 3.05) is 26.6 Å². The molecule has 1 N–H and O–H groups in total. The lowest BCUT2D eigenvalue weighted by molar-refractivity contribution is -0.134. The van der Waals surface area contributed by atoms with Crippen LogP contribution in [-0.4, -0.2) is 37.3 Å². The Labute approximate surface area is 202 Å². The summed E-state index contributed by atoms with van der Waals surface area (Å²) < 4.78 is 55.5. The van der Waals surface area contributed by atoms with Gasteiger partial charge in [0, 0.05) is 12.1 Å². The first-order valence-electron chi connectivity index (χ1n) is 10.3. The third kappa shape index (κ3) is 5.14. The van der Waals surface area contributed by atoms with Gasteiger partial charge in [-0.2, -0.15) is 13.2 Å². The number of nitrogens with zero attached hydrogens (tertiary/aromatic N) is 2. The van der Waals surface area contributed by atoms with Crippen molar-refractivity contribution in [3.63, 3.8) is 0 Å². The van der Waals surface area contributed by atoms with E-state index >= 15 is 0 Å². The van der Waals surface area contributed by atoms with E-state index in [9.17, 15) is 18.0 Å². The molecule has 7 nitrogen and oxygen atoms in total. The largest absolute Gasteiger partial charge is 0.493 e. The summed E-state index contributed by atoms with van der Waals surface area (Å²) in [6, 6.07) is 12.7. The van der Waals surface area contributed by atoms with E-state index in [1.165, 1.54) is 21.3 Å². The molecule has 2 aromatic carbocycles. The molecule has 35 heavy (non-hydrogen) atoms. The zero-order valence-electron chi connectivity index (χ0n) is 18.9. The van der Waals surface area contributed by atoms with E-state index in [0.717, 1.165) is 11.6 Å². The first kappa shape index (κ1) is 24.3. The molecule has 4 aromatic rings. The summed E-state index contributed by atoms with van der Waals surface area (Å²) in [5.74, 6) is 1.06. The Balaban J connectivity index is 1.73. The fraction of sp³-hybridized carbons (Fsp3) is 0.208. The summed E-state index contributed by atoms with van der Waals surface area (Å²) in [5.41, 5.74) is 1.68. The molecule has 0 atom stereocenters. The van der Waals surface area contributed by atoms with Gasteiger partial charge in [-0.3, -0.25) is 0 Å². The van der Waals surface area contributed by atoms with Crippen molar-refractivity contribution in [2.45, 2.75) is 12.7 Å². The molecule has 2 heterocycles. The Bertz CT molecular complexity index is 1370. The van der Waals surface area contributed by atoms with Crippen LogP contribution < -0.4 is 14.8 Å². The van der Waals surface area contributed by atoms with Crippen molar-refractivity contribution in [3.05, 3.63) is 64.5 Å². The number of hydrogen-bond donors (Lipinski definition) is 1. The monoisotopic (exact) mass is 503 g/mol. The second kappa shape index (κ2) is 9.79. The van der Waals surface area contributed by atoms with Crippen molar-refractivity contribution < 1.29 is 32.2 Å². The number of esters is 1. The molecule has 0 radical (unpaired) electrons. The Morgan fingerprint density at radius 3 is 2.31 bits per heavy atom. The predicted molar refractivity (Wildman–Crippen MR) is 126 cm³/mol. The number of nitrogens with one attached hydrogen (secondary N) is 1. The van der Waals surface area contributed by atoms with E-state index in [1.807, 2.05) is 6.07 Å². The highest BCUT2D eigenvalue weighted by atomic mass is 32.1. The van der Waals surface area contributed by atoms with Crippen LogP contribution in [-0.2, 0) is 17.5 Å². The van der Waals surface area contributed by atoms with Crippen LogP contribution in [0, 0.1) is 0 Å². The highest BCUT2D eigenvalue weighted by Gasteiger charge is 2.33. The van der Waals surface area contributed by atoms with Gasteiger partial charge in [0.05, 0.1) is 32.3 Å². The van der Waals surface area contributed by atoms with Crippen LogP contribution in [0.3, 0.4) is 0 Å². The molecule has 0 saturated heterocycles. The van der Waals surface area contributed by atoms with Crippen molar-refractivity contribution in [1.29, 1.82) is 0 Å². The molecule has 0 bridgehead atoms.